The molecule has 0 saturated heterocycles. The molecule has 1 aromatic carbocycles. The minimum absolute atomic E-state index is 0.487. The number of hydrogen-bond acceptors (Lipinski definition) is 3. The van der Waals surface area contributed by atoms with Crippen LogP contribution in [0.4, 0.5) is 0 Å². The summed E-state index contributed by atoms with van der Waals surface area (Å²) in [6.45, 7) is 4.46. The molecule has 0 heterocycles. The molecule has 1 nitrogen and oxygen atoms in total. The van der Waals surface area contributed by atoms with Gasteiger partial charge in [0.15, 0.2) is 0 Å². The SMILES string of the molecule is CNC(CCSC)c1ccc(SC(C)C)cc1. The largest absolute Gasteiger partial charge is 0.313 e. The van der Waals surface area contributed by atoms with Crippen molar-refractivity contribution in [3.8, 4) is 0 Å². The van der Waals surface area contributed by atoms with Gasteiger partial charge in [-0.1, -0.05) is 26.0 Å². The van der Waals surface area contributed by atoms with Crippen molar-refractivity contribution in [3.63, 3.8) is 0 Å². The summed E-state index contributed by atoms with van der Waals surface area (Å²) in [4.78, 5) is 1.36. The smallest absolute Gasteiger partial charge is 0.0325 e. The molecule has 0 spiro atoms. The van der Waals surface area contributed by atoms with Crippen LogP contribution >= 0.6 is 23.5 Å². The number of benzene rings is 1. The van der Waals surface area contributed by atoms with Gasteiger partial charge in [-0.15, -0.1) is 11.8 Å². The predicted molar refractivity (Wildman–Crippen MR) is 82.2 cm³/mol. The lowest BCUT2D eigenvalue weighted by Gasteiger charge is -2.16. The zero-order valence-corrected chi connectivity index (χ0v) is 12.8. The molecule has 0 aliphatic carbocycles. The molecule has 17 heavy (non-hydrogen) atoms. The molecule has 1 aromatic rings. The van der Waals surface area contributed by atoms with Crippen LogP contribution in [-0.2, 0) is 0 Å². The minimum Gasteiger partial charge on any atom is -0.313 e. The van der Waals surface area contributed by atoms with Gasteiger partial charge in [0.1, 0.15) is 0 Å². The van der Waals surface area contributed by atoms with E-state index in [-0.39, 0.29) is 0 Å². The van der Waals surface area contributed by atoms with Crippen LogP contribution < -0.4 is 5.32 Å². The van der Waals surface area contributed by atoms with Gasteiger partial charge in [0.25, 0.3) is 0 Å². The van der Waals surface area contributed by atoms with Crippen LogP contribution in [-0.4, -0.2) is 24.3 Å². The summed E-state index contributed by atoms with van der Waals surface area (Å²) in [6, 6.07) is 9.48. The lowest BCUT2D eigenvalue weighted by atomic mass is 10.1. The molecule has 0 fully saturated rings. The Bertz CT molecular complexity index is 309. The highest BCUT2D eigenvalue weighted by atomic mass is 32.2. The Hall–Kier alpha value is -0.120. The van der Waals surface area contributed by atoms with Gasteiger partial charge in [0.05, 0.1) is 0 Å². The van der Waals surface area contributed by atoms with Crippen molar-refractivity contribution < 1.29 is 0 Å². The van der Waals surface area contributed by atoms with Crippen molar-refractivity contribution in [1.82, 2.24) is 5.32 Å². The van der Waals surface area contributed by atoms with Gasteiger partial charge in [-0.3, -0.25) is 0 Å². The fraction of sp³-hybridized carbons (Fsp3) is 0.571. The third kappa shape index (κ3) is 5.36. The average Bonchev–Trinajstić information content (AvgIpc) is 2.31. The molecule has 0 aromatic heterocycles. The summed E-state index contributed by atoms with van der Waals surface area (Å²) in [6.07, 6.45) is 3.35. The third-order valence-corrected chi connectivity index (χ3v) is 4.27. The monoisotopic (exact) mass is 269 g/mol. The van der Waals surface area contributed by atoms with Crippen LogP contribution in [0, 0.1) is 0 Å². The lowest BCUT2D eigenvalue weighted by molar-refractivity contribution is 0.581. The molecule has 1 unspecified atom stereocenters. The maximum atomic E-state index is 3.39. The Labute approximate surface area is 114 Å². The quantitative estimate of drug-likeness (QED) is 0.745. The van der Waals surface area contributed by atoms with E-state index >= 15 is 0 Å². The molecule has 3 heteroatoms. The summed E-state index contributed by atoms with van der Waals surface area (Å²) < 4.78 is 0. The van der Waals surface area contributed by atoms with Gasteiger partial charge in [0, 0.05) is 16.2 Å². The molecule has 96 valence electrons. The summed E-state index contributed by atoms with van der Waals surface area (Å²) in [5, 5.41) is 4.04. The van der Waals surface area contributed by atoms with E-state index in [0.717, 1.165) is 0 Å². The molecule has 0 amide bonds. The van der Waals surface area contributed by atoms with Gasteiger partial charge in [-0.05, 0) is 43.2 Å². The second kappa shape index (κ2) is 8.06. The van der Waals surface area contributed by atoms with E-state index in [2.05, 4.69) is 49.7 Å². The Kier molecular flexibility index (Phi) is 7.09. The highest BCUT2D eigenvalue weighted by Crippen LogP contribution is 2.25. The maximum absolute atomic E-state index is 3.39. The summed E-state index contributed by atoms with van der Waals surface area (Å²) in [5.41, 5.74) is 1.40. The standard InChI is InChI=1S/C14H23NS2/c1-11(2)17-13-7-5-12(6-8-13)14(15-3)9-10-16-4/h5-8,11,14-15H,9-10H2,1-4H3. The van der Waals surface area contributed by atoms with Crippen LogP contribution in [0.15, 0.2) is 29.2 Å². The fourth-order valence-corrected chi connectivity index (χ4v) is 3.07. The van der Waals surface area contributed by atoms with Gasteiger partial charge in [-0.2, -0.15) is 11.8 Å². The summed E-state index contributed by atoms with van der Waals surface area (Å²) >= 11 is 3.83. The van der Waals surface area contributed by atoms with Crippen LogP contribution in [0.2, 0.25) is 0 Å². The second-order valence-electron chi connectivity index (χ2n) is 4.36. The zero-order valence-electron chi connectivity index (χ0n) is 11.2. The molecule has 1 atom stereocenters. The van der Waals surface area contributed by atoms with Gasteiger partial charge >= 0.3 is 0 Å². The van der Waals surface area contributed by atoms with Crippen LogP contribution in [0.1, 0.15) is 31.9 Å². The lowest BCUT2D eigenvalue weighted by Crippen LogP contribution is -2.16. The molecule has 0 radical (unpaired) electrons. The average molecular weight is 269 g/mol. The van der Waals surface area contributed by atoms with E-state index in [1.807, 2.05) is 30.6 Å². The Balaban J connectivity index is 2.64. The van der Waals surface area contributed by atoms with Crippen molar-refractivity contribution in [2.45, 2.75) is 36.5 Å². The fourth-order valence-electron chi connectivity index (χ4n) is 1.76. The molecule has 0 saturated carbocycles. The topological polar surface area (TPSA) is 12.0 Å². The molecule has 0 aliphatic rings. The maximum Gasteiger partial charge on any atom is 0.0325 e. The highest BCUT2D eigenvalue weighted by Gasteiger charge is 2.08. The van der Waals surface area contributed by atoms with Crippen LogP contribution in [0.25, 0.3) is 0 Å². The van der Waals surface area contributed by atoms with Gasteiger partial charge in [-0.25, -0.2) is 0 Å². The summed E-state index contributed by atoms with van der Waals surface area (Å²) in [7, 11) is 2.04. The summed E-state index contributed by atoms with van der Waals surface area (Å²) in [5.74, 6) is 1.20. The molecule has 0 bridgehead atoms. The Morgan fingerprint density at radius 2 is 1.82 bits per heavy atom. The first-order chi connectivity index (χ1) is 8.17. The van der Waals surface area contributed by atoms with Crippen molar-refractivity contribution in [3.05, 3.63) is 29.8 Å². The van der Waals surface area contributed by atoms with Crippen LogP contribution in [0.3, 0.4) is 0 Å². The van der Waals surface area contributed by atoms with E-state index in [9.17, 15) is 0 Å². The molecule has 1 rings (SSSR count). The van der Waals surface area contributed by atoms with Crippen molar-refractivity contribution >= 4 is 23.5 Å². The second-order valence-corrected chi connectivity index (χ2v) is 6.99. The Morgan fingerprint density at radius 3 is 2.29 bits per heavy atom. The number of thioether (sulfide) groups is 2. The van der Waals surface area contributed by atoms with Crippen molar-refractivity contribution in [1.29, 1.82) is 0 Å². The minimum atomic E-state index is 0.487. The zero-order chi connectivity index (χ0) is 12.7. The predicted octanol–water partition coefficient (Wildman–Crippen LogP) is 4.20. The molecule has 0 aliphatic heterocycles. The Morgan fingerprint density at radius 1 is 1.18 bits per heavy atom. The van der Waals surface area contributed by atoms with Crippen molar-refractivity contribution in [2.24, 2.45) is 0 Å². The van der Waals surface area contributed by atoms with E-state index in [1.54, 1.807) is 0 Å². The van der Waals surface area contributed by atoms with Gasteiger partial charge in [0.2, 0.25) is 0 Å². The first kappa shape index (κ1) is 14.9. The number of nitrogens with one attached hydrogen (secondary N) is 1. The third-order valence-electron chi connectivity index (χ3n) is 2.61. The molecular weight excluding hydrogens is 246 g/mol. The highest BCUT2D eigenvalue weighted by molar-refractivity contribution is 7.99. The van der Waals surface area contributed by atoms with Gasteiger partial charge < -0.3 is 5.32 Å². The van der Waals surface area contributed by atoms with E-state index in [1.165, 1.54) is 22.6 Å². The number of rotatable bonds is 7. The van der Waals surface area contributed by atoms with E-state index < -0.39 is 0 Å². The van der Waals surface area contributed by atoms with E-state index in [4.69, 9.17) is 0 Å². The normalized spacial score (nSPS) is 13.0. The number of hydrogen-bond donors (Lipinski definition) is 1. The van der Waals surface area contributed by atoms with Crippen LogP contribution in [0.5, 0.6) is 0 Å². The molecular formula is C14H23NS2. The first-order valence-corrected chi connectivity index (χ1v) is 8.37. The molecule has 1 N–H and O–H groups in total. The van der Waals surface area contributed by atoms with Crippen molar-refractivity contribution in [2.75, 3.05) is 19.1 Å². The van der Waals surface area contributed by atoms with E-state index in [0.29, 0.717) is 11.3 Å². The first-order valence-electron chi connectivity index (χ1n) is 6.10.